The number of hydrogen-bond donors (Lipinski definition) is 1. The van der Waals surface area contributed by atoms with E-state index in [-0.39, 0.29) is 12.4 Å². The summed E-state index contributed by atoms with van der Waals surface area (Å²) in [6, 6.07) is 5.36. The van der Waals surface area contributed by atoms with E-state index >= 15 is 0 Å². The van der Waals surface area contributed by atoms with Crippen LogP contribution >= 0.6 is 0 Å². The van der Waals surface area contributed by atoms with E-state index in [4.69, 9.17) is 5.73 Å². The smallest absolute Gasteiger partial charge is 0.127 e. The molecule has 1 aliphatic heterocycles. The third-order valence-corrected chi connectivity index (χ3v) is 4.78. The van der Waals surface area contributed by atoms with Crippen molar-refractivity contribution >= 4 is 0 Å². The van der Waals surface area contributed by atoms with Gasteiger partial charge < -0.3 is 5.73 Å². The number of halogens is 1. The quantitative estimate of drug-likeness (QED) is 0.914. The predicted molar refractivity (Wildman–Crippen MR) is 86.4 cm³/mol. The van der Waals surface area contributed by atoms with Crippen molar-refractivity contribution in [2.24, 2.45) is 17.1 Å². The Labute approximate surface area is 128 Å². The average molecular weight is 292 g/mol. The summed E-state index contributed by atoms with van der Waals surface area (Å²) in [5.74, 6) is 0.611. The third-order valence-electron chi connectivity index (χ3n) is 4.78. The molecule has 1 unspecified atom stereocenters. The molecule has 3 heteroatoms. The fraction of sp³-hybridized carbons (Fsp3) is 0.667. The maximum absolute atomic E-state index is 13.5. The fourth-order valence-corrected chi connectivity index (χ4v) is 3.32. The van der Waals surface area contributed by atoms with E-state index < -0.39 is 0 Å². The van der Waals surface area contributed by atoms with Crippen LogP contribution in [0.2, 0.25) is 0 Å². The molecule has 1 fully saturated rings. The molecule has 1 aromatic carbocycles. The molecule has 2 N–H and O–H groups in total. The summed E-state index contributed by atoms with van der Waals surface area (Å²) >= 11 is 0. The van der Waals surface area contributed by atoms with Gasteiger partial charge in [0.2, 0.25) is 0 Å². The molecule has 1 saturated heterocycles. The van der Waals surface area contributed by atoms with Crippen molar-refractivity contribution in [2.75, 3.05) is 13.1 Å². The molecule has 1 aliphatic rings. The first kappa shape index (κ1) is 16.4. The molecule has 21 heavy (non-hydrogen) atoms. The monoisotopic (exact) mass is 292 g/mol. The number of rotatable bonds is 3. The lowest BCUT2D eigenvalue weighted by atomic mass is 9.77. The zero-order valence-corrected chi connectivity index (χ0v) is 13.7. The molecule has 0 bridgehead atoms. The normalized spacial score (nSPS) is 21.3. The number of nitrogens with zero attached hydrogens (tertiary/aromatic N) is 1. The molecule has 1 aromatic rings. The van der Waals surface area contributed by atoms with Gasteiger partial charge in [0.05, 0.1) is 0 Å². The maximum Gasteiger partial charge on any atom is 0.127 e. The molecule has 1 atom stereocenters. The minimum absolute atomic E-state index is 0.190. The van der Waals surface area contributed by atoms with Gasteiger partial charge in [-0.2, -0.15) is 0 Å². The molecule has 0 radical (unpaired) electrons. The lowest BCUT2D eigenvalue weighted by Gasteiger charge is -2.29. The van der Waals surface area contributed by atoms with Gasteiger partial charge >= 0.3 is 0 Å². The topological polar surface area (TPSA) is 29.3 Å². The molecule has 2 nitrogen and oxygen atoms in total. The SMILES string of the molecule is CC(C)(C)C1CCCN(Cc2ccc(F)c(CN)c2)CC1. The van der Waals surface area contributed by atoms with Gasteiger partial charge in [-0.15, -0.1) is 0 Å². The minimum atomic E-state index is -0.190. The zero-order valence-electron chi connectivity index (χ0n) is 13.7. The van der Waals surface area contributed by atoms with Crippen molar-refractivity contribution in [3.05, 3.63) is 35.1 Å². The lowest BCUT2D eigenvalue weighted by molar-refractivity contribution is 0.206. The first-order chi connectivity index (χ1) is 9.90. The molecular weight excluding hydrogens is 263 g/mol. The van der Waals surface area contributed by atoms with Crippen LogP contribution in [0.3, 0.4) is 0 Å². The average Bonchev–Trinajstić information content (AvgIpc) is 2.66. The van der Waals surface area contributed by atoms with Crippen LogP contribution in [0, 0.1) is 17.2 Å². The summed E-state index contributed by atoms with van der Waals surface area (Å²) < 4.78 is 13.5. The van der Waals surface area contributed by atoms with Crippen molar-refractivity contribution in [3.8, 4) is 0 Å². The zero-order chi connectivity index (χ0) is 15.5. The van der Waals surface area contributed by atoms with E-state index in [1.165, 1.54) is 24.8 Å². The Morgan fingerprint density at radius 2 is 2.00 bits per heavy atom. The van der Waals surface area contributed by atoms with Gasteiger partial charge in [-0.05, 0) is 55.3 Å². The number of likely N-dealkylation sites (tertiary alicyclic amines) is 1. The van der Waals surface area contributed by atoms with Crippen LogP contribution in [-0.2, 0) is 13.1 Å². The highest BCUT2D eigenvalue weighted by atomic mass is 19.1. The van der Waals surface area contributed by atoms with Crippen LogP contribution in [0.25, 0.3) is 0 Å². The number of benzene rings is 1. The van der Waals surface area contributed by atoms with Crippen LogP contribution in [-0.4, -0.2) is 18.0 Å². The molecule has 118 valence electrons. The molecule has 1 heterocycles. The molecule has 2 rings (SSSR count). The molecular formula is C18H29FN2. The van der Waals surface area contributed by atoms with Gasteiger partial charge in [0, 0.05) is 18.7 Å². The van der Waals surface area contributed by atoms with E-state index in [1.807, 2.05) is 12.1 Å². The first-order valence-electron chi connectivity index (χ1n) is 8.10. The Hall–Kier alpha value is -0.930. The Balaban J connectivity index is 1.97. The Morgan fingerprint density at radius 3 is 2.67 bits per heavy atom. The van der Waals surface area contributed by atoms with Gasteiger partial charge in [-0.1, -0.05) is 32.9 Å². The van der Waals surface area contributed by atoms with Crippen LogP contribution in [0.1, 0.15) is 51.2 Å². The molecule has 0 saturated carbocycles. The molecule has 0 amide bonds. The highest BCUT2D eigenvalue weighted by Crippen LogP contribution is 2.34. The van der Waals surface area contributed by atoms with E-state index in [0.717, 1.165) is 25.6 Å². The minimum Gasteiger partial charge on any atom is -0.326 e. The maximum atomic E-state index is 13.5. The molecule has 0 aliphatic carbocycles. The van der Waals surface area contributed by atoms with Crippen molar-refractivity contribution < 1.29 is 4.39 Å². The van der Waals surface area contributed by atoms with E-state index in [2.05, 4.69) is 25.7 Å². The fourth-order valence-electron chi connectivity index (χ4n) is 3.32. The highest BCUT2D eigenvalue weighted by Gasteiger charge is 2.26. The van der Waals surface area contributed by atoms with E-state index in [1.54, 1.807) is 6.07 Å². The Bertz CT molecular complexity index is 465. The second kappa shape index (κ2) is 6.89. The van der Waals surface area contributed by atoms with Gasteiger partial charge in [0.1, 0.15) is 5.82 Å². The van der Waals surface area contributed by atoms with Crippen LogP contribution in [0.15, 0.2) is 18.2 Å². The third kappa shape index (κ3) is 4.52. The summed E-state index contributed by atoms with van der Waals surface area (Å²) in [6.07, 6.45) is 3.83. The standard InChI is InChI=1S/C18H29FN2/c1-18(2,3)16-5-4-9-21(10-8-16)13-14-6-7-17(19)15(11-14)12-20/h6-7,11,16H,4-5,8-10,12-13,20H2,1-3H3. The van der Waals surface area contributed by atoms with Gasteiger partial charge in [0.15, 0.2) is 0 Å². The summed E-state index contributed by atoms with van der Waals surface area (Å²) in [4.78, 5) is 2.50. The van der Waals surface area contributed by atoms with E-state index in [9.17, 15) is 4.39 Å². The second-order valence-corrected chi connectivity index (χ2v) is 7.40. The van der Waals surface area contributed by atoms with Crippen LogP contribution < -0.4 is 5.73 Å². The number of nitrogens with two attached hydrogens (primary N) is 1. The second-order valence-electron chi connectivity index (χ2n) is 7.40. The van der Waals surface area contributed by atoms with Crippen LogP contribution in [0.5, 0.6) is 0 Å². The largest absolute Gasteiger partial charge is 0.326 e. The summed E-state index contributed by atoms with van der Waals surface area (Å²) in [6.45, 7) is 10.5. The van der Waals surface area contributed by atoms with Crippen molar-refractivity contribution in [3.63, 3.8) is 0 Å². The van der Waals surface area contributed by atoms with E-state index in [0.29, 0.717) is 11.0 Å². The first-order valence-corrected chi connectivity index (χ1v) is 8.10. The summed E-state index contributed by atoms with van der Waals surface area (Å²) in [7, 11) is 0. The van der Waals surface area contributed by atoms with Crippen LogP contribution in [0.4, 0.5) is 4.39 Å². The molecule has 0 aromatic heterocycles. The van der Waals surface area contributed by atoms with Gasteiger partial charge in [-0.3, -0.25) is 4.90 Å². The van der Waals surface area contributed by atoms with Gasteiger partial charge in [-0.25, -0.2) is 4.39 Å². The summed E-state index contributed by atoms with van der Waals surface area (Å²) in [5, 5.41) is 0. The Morgan fingerprint density at radius 1 is 1.24 bits per heavy atom. The Kier molecular flexibility index (Phi) is 5.39. The lowest BCUT2D eigenvalue weighted by Crippen LogP contribution is -2.26. The summed E-state index contributed by atoms with van der Waals surface area (Å²) in [5.41, 5.74) is 7.78. The van der Waals surface area contributed by atoms with Gasteiger partial charge in [0.25, 0.3) is 0 Å². The highest BCUT2D eigenvalue weighted by molar-refractivity contribution is 5.25. The predicted octanol–water partition coefficient (Wildman–Crippen LogP) is 3.93. The number of hydrogen-bond acceptors (Lipinski definition) is 2. The van der Waals surface area contributed by atoms with Crippen molar-refractivity contribution in [2.45, 2.75) is 53.1 Å². The van der Waals surface area contributed by atoms with Crippen molar-refractivity contribution in [1.82, 2.24) is 4.90 Å². The molecule has 0 spiro atoms. The van der Waals surface area contributed by atoms with Crippen molar-refractivity contribution in [1.29, 1.82) is 0 Å².